The van der Waals surface area contributed by atoms with Crippen molar-refractivity contribution in [2.24, 2.45) is 5.92 Å². The third kappa shape index (κ3) is 6.43. The SMILES string of the molecule is CC(C)(C)[Si](OCCCCCCCC[C@@H]1C=C[C@H](O)C1)(c1ccccc1)c1ccccc1. The van der Waals surface area contributed by atoms with Crippen LogP contribution in [0.4, 0.5) is 0 Å². The van der Waals surface area contributed by atoms with Gasteiger partial charge in [0.2, 0.25) is 0 Å². The number of benzene rings is 2. The van der Waals surface area contributed by atoms with Gasteiger partial charge in [-0.2, -0.15) is 0 Å². The third-order valence-electron chi connectivity index (χ3n) is 6.85. The Morgan fingerprint density at radius 2 is 1.31 bits per heavy atom. The summed E-state index contributed by atoms with van der Waals surface area (Å²) >= 11 is 0. The van der Waals surface area contributed by atoms with E-state index in [9.17, 15) is 5.11 Å². The van der Waals surface area contributed by atoms with E-state index in [-0.39, 0.29) is 11.1 Å². The van der Waals surface area contributed by atoms with Crippen LogP contribution in [-0.2, 0) is 4.43 Å². The fraction of sp³-hybridized carbons (Fsp3) is 0.517. The van der Waals surface area contributed by atoms with Crippen LogP contribution in [0.3, 0.4) is 0 Å². The quantitative estimate of drug-likeness (QED) is 0.236. The Morgan fingerprint density at radius 1 is 0.781 bits per heavy atom. The molecule has 0 amide bonds. The molecule has 2 nitrogen and oxygen atoms in total. The molecular weight excluding hydrogens is 408 g/mol. The highest BCUT2D eigenvalue weighted by Gasteiger charge is 2.49. The van der Waals surface area contributed by atoms with Gasteiger partial charge in [-0.05, 0) is 40.6 Å². The van der Waals surface area contributed by atoms with E-state index in [1.165, 1.54) is 48.9 Å². The van der Waals surface area contributed by atoms with Crippen molar-refractivity contribution >= 4 is 18.7 Å². The van der Waals surface area contributed by atoms with Crippen molar-refractivity contribution in [3.05, 3.63) is 72.8 Å². The summed E-state index contributed by atoms with van der Waals surface area (Å²) in [5, 5.41) is 12.4. The number of rotatable bonds is 12. The first kappa shape index (κ1) is 24.9. The van der Waals surface area contributed by atoms with Crippen LogP contribution in [-0.4, -0.2) is 26.1 Å². The second kappa shape index (κ2) is 12.0. The normalized spacial score (nSPS) is 18.9. The standard InChI is InChI=1S/C29H42O2Si/c1-29(2,3)32(27-17-11-8-12-18-27,28-19-13-9-14-20-28)31-23-15-7-5-4-6-10-16-25-21-22-26(30)24-25/h8-9,11-14,17-22,25-26,30H,4-7,10,15-16,23-24H2,1-3H3/t25-,26+/m1/s1. The summed E-state index contributed by atoms with van der Waals surface area (Å²) in [6.07, 6.45) is 13.6. The van der Waals surface area contributed by atoms with E-state index in [0.717, 1.165) is 19.4 Å². The number of hydrogen-bond donors (Lipinski definition) is 1. The van der Waals surface area contributed by atoms with Crippen molar-refractivity contribution in [3.63, 3.8) is 0 Å². The minimum absolute atomic E-state index is 0.0535. The first-order valence-electron chi connectivity index (χ1n) is 12.5. The molecule has 32 heavy (non-hydrogen) atoms. The van der Waals surface area contributed by atoms with Gasteiger partial charge >= 0.3 is 0 Å². The lowest BCUT2D eigenvalue weighted by atomic mass is 9.99. The highest BCUT2D eigenvalue weighted by atomic mass is 28.4. The molecule has 0 aliphatic heterocycles. The average Bonchev–Trinajstić information content (AvgIpc) is 3.20. The Kier molecular flexibility index (Phi) is 9.33. The molecule has 0 bridgehead atoms. The Labute approximate surface area is 196 Å². The number of unbranched alkanes of at least 4 members (excludes halogenated alkanes) is 5. The Hall–Kier alpha value is -1.68. The van der Waals surface area contributed by atoms with Crippen molar-refractivity contribution in [1.82, 2.24) is 0 Å². The van der Waals surface area contributed by atoms with Crippen molar-refractivity contribution in [3.8, 4) is 0 Å². The number of hydrogen-bond acceptors (Lipinski definition) is 2. The summed E-state index contributed by atoms with van der Waals surface area (Å²) in [4.78, 5) is 0. The van der Waals surface area contributed by atoms with Gasteiger partial charge in [0.05, 0.1) is 6.10 Å². The fourth-order valence-corrected chi connectivity index (χ4v) is 9.78. The van der Waals surface area contributed by atoms with Gasteiger partial charge in [0.25, 0.3) is 8.32 Å². The zero-order valence-electron chi connectivity index (χ0n) is 20.3. The van der Waals surface area contributed by atoms with Crippen LogP contribution < -0.4 is 10.4 Å². The number of allylic oxidation sites excluding steroid dienone is 1. The van der Waals surface area contributed by atoms with E-state index < -0.39 is 8.32 Å². The van der Waals surface area contributed by atoms with E-state index >= 15 is 0 Å². The summed E-state index contributed by atoms with van der Waals surface area (Å²) in [7, 11) is -2.38. The molecule has 0 spiro atoms. The smallest absolute Gasteiger partial charge is 0.261 e. The summed E-state index contributed by atoms with van der Waals surface area (Å²) in [6.45, 7) is 7.87. The summed E-state index contributed by atoms with van der Waals surface area (Å²) < 4.78 is 6.98. The van der Waals surface area contributed by atoms with Gasteiger partial charge in [-0.15, -0.1) is 0 Å². The number of aliphatic hydroxyl groups is 1. The second-order valence-electron chi connectivity index (χ2n) is 10.4. The van der Waals surface area contributed by atoms with Gasteiger partial charge in [0, 0.05) is 6.61 Å². The van der Waals surface area contributed by atoms with E-state index in [2.05, 4.69) is 87.5 Å². The van der Waals surface area contributed by atoms with E-state index in [1.807, 2.05) is 6.08 Å². The Morgan fingerprint density at radius 3 is 1.81 bits per heavy atom. The summed E-state index contributed by atoms with van der Waals surface area (Å²) in [6, 6.07) is 21.9. The molecule has 2 atom stereocenters. The van der Waals surface area contributed by atoms with Crippen LogP contribution in [0.25, 0.3) is 0 Å². The molecule has 3 rings (SSSR count). The predicted octanol–water partition coefficient (Wildman–Crippen LogP) is 6.23. The maximum atomic E-state index is 9.58. The van der Waals surface area contributed by atoms with Gasteiger partial charge < -0.3 is 9.53 Å². The fourth-order valence-electron chi connectivity index (χ4n) is 5.17. The van der Waals surface area contributed by atoms with Crippen LogP contribution in [0.15, 0.2) is 72.8 Å². The van der Waals surface area contributed by atoms with E-state index in [0.29, 0.717) is 5.92 Å². The van der Waals surface area contributed by atoms with E-state index in [4.69, 9.17) is 4.43 Å². The highest BCUT2D eigenvalue weighted by Crippen LogP contribution is 2.36. The molecule has 0 saturated heterocycles. The lowest BCUT2D eigenvalue weighted by molar-refractivity contribution is 0.207. The lowest BCUT2D eigenvalue weighted by Crippen LogP contribution is -2.66. The molecule has 0 saturated carbocycles. The van der Waals surface area contributed by atoms with E-state index in [1.54, 1.807) is 0 Å². The predicted molar refractivity (Wildman–Crippen MR) is 139 cm³/mol. The maximum Gasteiger partial charge on any atom is 0.261 e. The third-order valence-corrected chi connectivity index (χ3v) is 11.9. The van der Waals surface area contributed by atoms with Gasteiger partial charge in [-0.25, -0.2) is 0 Å². The zero-order valence-corrected chi connectivity index (χ0v) is 21.3. The molecule has 174 valence electrons. The van der Waals surface area contributed by atoms with Crippen LogP contribution in [0.1, 0.15) is 72.1 Å². The molecule has 0 radical (unpaired) electrons. The molecule has 1 aliphatic carbocycles. The molecule has 0 aromatic heterocycles. The molecule has 1 aliphatic rings. The Bertz CT molecular complexity index is 771. The van der Waals surface area contributed by atoms with Gasteiger partial charge in [-0.3, -0.25) is 0 Å². The topological polar surface area (TPSA) is 29.5 Å². The zero-order chi connectivity index (χ0) is 22.9. The minimum Gasteiger partial charge on any atom is -0.407 e. The maximum absolute atomic E-state index is 9.58. The number of aliphatic hydroxyl groups excluding tert-OH is 1. The summed E-state index contributed by atoms with van der Waals surface area (Å²) in [5.74, 6) is 0.602. The monoisotopic (exact) mass is 450 g/mol. The molecule has 1 N–H and O–H groups in total. The lowest BCUT2D eigenvalue weighted by Gasteiger charge is -2.43. The van der Waals surface area contributed by atoms with Crippen molar-refractivity contribution < 1.29 is 9.53 Å². The largest absolute Gasteiger partial charge is 0.407 e. The second-order valence-corrected chi connectivity index (χ2v) is 14.7. The van der Waals surface area contributed by atoms with Crippen LogP contribution in [0.2, 0.25) is 5.04 Å². The first-order chi connectivity index (χ1) is 15.4. The highest BCUT2D eigenvalue weighted by molar-refractivity contribution is 6.99. The first-order valence-corrected chi connectivity index (χ1v) is 14.5. The molecule has 0 heterocycles. The molecule has 3 heteroatoms. The minimum atomic E-state index is -2.38. The summed E-state index contributed by atoms with van der Waals surface area (Å²) in [5.41, 5.74) is 0. The van der Waals surface area contributed by atoms with Gasteiger partial charge in [0.15, 0.2) is 0 Å². The van der Waals surface area contributed by atoms with Gasteiger partial charge in [0.1, 0.15) is 0 Å². The average molecular weight is 451 g/mol. The van der Waals surface area contributed by atoms with Crippen LogP contribution in [0, 0.1) is 5.92 Å². The molecule has 2 aromatic carbocycles. The molecule has 2 aromatic rings. The van der Waals surface area contributed by atoms with Crippen LogP contribution >= 0.6 is 0 Å². The van der Waals surface area contributed by atoms with Gasteiger partial charge in [-0.1, -0.05) is 126 Å². The van der Waals surface area contributed by atoms with Crippen molar-refractivity contribution in [1.29, 1.82) is 0 Å². The molecular formula is C29H42O2Si. The Balaban J connectivity index is 1.50. The van der Waals surface area contributed by atoms with Crippen molar-refractivity contribution in [2.75, 3.05) is 6.61 Å². The molecule has 0 fully saturated rings. The molecule has 0 unspecified atom stereocenters. The van der Waals surface area contributed by atoms with Crippen LogP contribution in [0.5, 0.6) is 0 Å². The van der Waals surface area contributed by atoms with Crippen molar-refractivity contribution in [2.45, 2.75) is 83.3 Å².